The Hall–Kier alpha value is -2.54. The molecule has 2 aromatic carbocycles. The number of fused-ring (bicyclic) bond motifs is 1. The molecule has 3 N–H and O–H groups in total. The van der Waals surface area contributed by atoms with Gasteiger partial charge in [0.25, 0.3) is 0 Å². The average molecular weight is 414 g/mol. The molecule has 0 amide bonds. The fourth-order valence-electron chi connectivity index (χ4n) is 3.37. The number of nitrogens with zero attached hydrogens (tertiary/aromatic N) is 3. The molecule has 0 saturated heterocycles. The third kappa shape index (κ3) is 3.26. The van der Waals surface area contributed by atoms with E-state index in [1.54, 1.807) is 0 Å². The highest BCUT2D eigenvalue weighted by molar-refractivity contribution is 9.10. The van der Waals surface area contributed by atoms with Crippen LogP contribution in [0.15, 0.2) is 53.0 Å². The average Bonchev–Trinajstić information content (AvgIpc) is 3.02. The van der Waals surface area contributed by atoms with Crippen molar-refractivity contribution in [3.8, 4) is 5.75 Å². The lowest BCUT2D eigenvalue weighted by Gasteiger charge is -2.31. The Morgan fingerprint density at radius 1 is 1.23 bits per heavy atom. The first kappa shape index (κ1) is 16.9. The Morgan fingerprint density at radius 3 is 2.77 bits per heavy atom. The van der Waals surface area contributed by atoms with E-state index in [0.29, 0.717) is 12.6 Å². The fourth-order valence-corrected chi connectivity index (χ4v) is 3.78. The van der Waals surface area contributed by atoms with Gasteiger partial charge in [0.05, 0.1) is 18.7 Å². The van der Waals surface area contributed by atoms with E-state index in [1.807, 2.05) is 35.9 Å². The second-order valence-electron chi connectivity index (χ2n) is 6.24. The van der Waals surface area contributed by atoms with E-state index in [2.05, 4.69) is 55.6 Å². The van der Waals surface area contributed by atoms with Gasteiger partial charge in [0.15, 0.2) is 0 Å². The summed E-state index contributed by atoms with van der Waals surface area (Å²) in [5.41, 5.74) is 8.21. The van der Waals surface area contributed by atoms with E-state index < -0.39 is 0 Å². The van der Waals surface area contributed by atoms with Gasteiger partial charge >= 0.3 is 0 Å². The molecule has 0 unspecified atom stereocenters. The molecule has 0 spiro atoms. The zero-order valence-corrected chi connectivity index (χ0v) is 16.0. The van der Waals surface area contributed by atoms with Crippen molar-refractivity contribution in [2.45, 2.75) is 25.4 Å². The molecule has 6 nitrogen and oxygen atoms in total. The molecule has 0 radical (unpaired) electrons. The van der Waals surface area contributed by atoms with Gasteiger partial charge in [0.2, 0.25) is 11.9 Å². The number of nitrogens with two attached hydrogens (primary N) is 1. The summed E-state index contributed by atoms with van der Waals surface area (Å²) in [6, 6.07) is 16.6. The molecular weight excluding hydrogens is 394 g/mol. The Labute approximate surface area is 160 Å². The molecule has 1 aliphatic heterocycles. The quantitative estimate of drug-likeness (QED) is 0.670. The number of rotatable bonds is 4. The van der Waals surface area contributed by atoms with Gasteiger partial charge in [-0.25, -0.2) is 4.68 Å². The van der Waals surface area contributed by atoms with Crippen molar-refractivity contribution in [2.75, 3.05) is 17.7 Å². The van der Waals surface area contributed by atoms with Crippen LogP contribution in [-0.4, -0.2) is 21.4 Å². The number of benzene rings is 2. The maximum absolute atomic E-state index is 5.86. The number of hydrogen-bond donors (Lipinski definition) is 2. The van der Waals surface area contributed by atoms with E-state index in [-0.39, 0.29) is 18.0 Å². The molecule has 0 fully saturated rings. The minimum absolute atomic E-state index is 0.0603. The van der Waals surface area contributed by atoms with Crippen LogP contribution in [-0.2, 0) is 0 Å². The number of ether oxygens (including phenoxy) is 1. The second-order valence-corrected chi connectivity index (χ2v) is 7.16. The van der Waals surface area contributed by atoms with Crippen LogP contribution in [0.4, 0.5) is 11.9 Å². The van der Waals surface area contributed by atoms with Gasteiger partial charge in [-0.1, -0.05) is 40.2 Å². The van der Waals surface area contributed by atoms with E-state index in [1.165, 1.54) is 11.1 Å². The molecule has 1 aliphatic rings. The van der Waals surface area contributed by atoms with Crippen LogP contribution in [0.25, 0.3) is 0 Å². The Balaban J connectivity index is 1.69. The lowest BCUT2D eigenvalue weighted by Crippen LogP contribution is -2.28. The summed E-state index contributed by atoms with van der Waals surface area (Å²) in [4.78, 5) is 4.35. The highest BCUT2D eigenvalue weighted by atomic mass is 79.9. The molecule has 2 heterocycles. The summed E-state index contributed by atoms with van der Waals surface area (Å²) in [7, 11) is 0. The topological polar surface area (TPSA) is 78.0 Å². The molecule has 4 rings (SSSR count). The van der Waals surface area contributed by atoms with Crippen LogP contribution in [0.1, 0.15) is 36.6 Å². The minimum atomic E-state index is 0.0603. The van der Waals surface area contributed by atoms with Crippen LogP contribution < -0.4 is 15.8 Å². The maximum Gasteiger partial charge on any atom is 0.241 e. The summed E-state index contributed by atoms with van der Waals surface area (Å²) in [5.74, 6) is 1.85. The monoisotopic (exact) mass is 413 g/mol. The predicted octanol–water partition coefficient (Wildman–Crippen LogP) is 4.17. The van der Waals surface area contributed by atoms with Crippen LogP contribution in [0.3, 0.4) is 0 Å². The largest absolute Gasteiger partial charge is 0.494 e. The molecule has 134 valence electrons. The van der Waals surface area contributed by atoms with Crippen molar-refractivity contribution in [3.05, 3.63) is 64.1 Å². The fraction of sp³-hybridized carbons (Fsp3) is 0.263. The minimum Gasteiger partial charge on any atom is -0.494 e. The zero-order chi connectivity index (χ0) is 18.1. The first-order chi connectivity index (χ1) is 12.6. The predicted molar refractivity (Wildman–Crippen MR) is 105 cm³/mol. The second kappa shape index (κ2) is 6.99. The van der Waals surface area contributed by atoms with Crippen molar-refractivity contribution in [3.63, 3.8) is 0 Å². The van der Waals surface area contributed by atoms with Gasteiger partial charge in [0.1, 0.15) is 5.75 Å². The zero-order valence-electron chi connectivity index (χ0n) is 14.4. The first-order valence-electron chi connectivity index (χ1n) is 8.61. The smallest absolute Gasteiger partial charge is 0.241 e. The molecule has 26 heavy (non-hydrogen) atoms. The van der Waals surface area contributed by atoms with Gasteiger partial charge in [-0.05, 0) is 48.7 Å². The number of nitrogen functional groups attached to an aromatic ring is 1. The van der Waals surface area contributed by atoms with Crippen molar-refractivity contribution >= 4 is 27.8 Å². The van der Waals surface area contributed by atoms with Crippen molar-refractivity contribution < 1.29 is 4.74 Å². The molecule has 7 heteroatoms. The molecule has 3 aromatic rings. The Morgan fingerprint density at radius 2 is 2.04 bits per heavy atom. The summed E-state index contributed by atoms with van der Waals surface area (Å²) in [6.07, 6.45) is 0.847. The highest BCUT2D eigenvalue weighted by Gasteiger charge is 2.30. The van der Waals surface area contributed by atoms with Crippen LogP contribution in [0.5, 0.6) is 5.75 Å². The molecule has 0 bridgehead atoms. The Bertz CT molecular complexity index is 909. The van der Waals surface area contributed by atoms with Gasteiger partial charge in [0, 0.05) is 4.47 Å². The SMILES string of the molecule is CCOc1ccc([C@H]2C[C@H](c3cccc(Br)c3)n3nc(N)nc3N2)cc1. The van der Waals surface area contributed by atoms with Gasteiger partial charge in [-0.3, -0.25) is 0 Å². The van der Waals surface area contributed by atoms with Crippen LogP contribution in [0.2, 0.25) is 0 Å². The lowest BCUT2D eigenvalue weighted by atomic mass is 9.93. The van der Waals surface area contributed by atoms with E-state index in [9.17, 15) is 0 Å². The molecule has 2 atom stereocenters. The standard InChI is InChI=1S/C19H20BrN5O/c1-2-26-15-8-6-12(7-9-15)16-11-17(13-4-3-5-14(20)10-13)25-19(22-16)23-18(21)24-25/h3-10,16-17H,2,11H2,1H3,(H3,21,22,23,24)/t16-,17-/m1/s1. The van der Waals surface area contributed by atoms with Gasteiger partial charge in [-0.2, -0.15) is 4.98 Å². The van der Waals surface area contributed by atoms with Crippen molar-refractivity contribution in [1.82, 2.24) is 14.8 Å². The van der Waals surface area contributed by atoms with Crippen LogP contribution >= 0.6 is 15.9 Å². The summed E-state index contributed by atoms with van der Waals surface area (Å²) in [5, 5.41) is 7.85. The number of aromatic nitrogens is 3. The third-order valence-electron chi connectivity index (χ3n) is 4.53. The van der Waals surface area contributed by atoms with Gasteiger partial charge in [-0.15, -0.1) is 5.10 Å². The molecule has 1 aromatic heterocycles. The van der Waals surface area contributed by atoms with Crippen LogP contribution in [0, 0.1) is 0 Å². The number of halogens is 1. The summed E-state index contributed by atoms with van der Waals surface area (Å²) >= 11 is 3.56. The summed E-state index contributed by atoms with van der Waals surface area (Å²) in [6.45, 7) is 2.64. The van der Waals surface area contributed by atoms with E-state index >= 15 is 0 Å². The molecule has 0 aliphatic carbocycles. The number of nitrogens with one attached hydrogen (secondary N) is 1. The van der Waals surface area contributed by atoms with E-state index in [4.69, 9.17) is 10.5 Å². The van der Waals surface area contributed by atoms with Gasteiger partial charge < -0.3 is 15.8 Å². The van der Waals surface area contributed by atoms with Crippen molar-refractivity contribution in [1.29, 1.82) is 0 Å². The molecular formula is C19H20BrN5O. The summed E-state index contributed by atoms with van der Waals surface area (Å²) < 4.78 is 8.46. The number of anilines is 2. The maximum atomic E-state index is 5.86. The normalized spacial score (nSPS) is 18.8. The third-order valence-corrected chi connectivity index (χ3v) is 5.03. The highest BCUT2D eigenvalue weighted by Crippen LogP contribution is 2.38. The van der Waals surface area contributed by atoms with E-state index in [0.717, 1.165) is 16.6 Å². The Kier molecular flexibility index (Phi) is 4.55. The molecule has 0 saturated carbocycles. The first-order valence-corrected chi connectivity index (χ1v) is 9.40. The lowest BCUT2D eigenvalue weighted by molar-refractivity contribution is 0.340. The number of hydrogen-bond acceptors (Lipinski definition) is 5. The van der Waals surface area contributed by atoms with Crippen molar-refractivity contribution in [2.24, 2.45) is 0 Å².